The minimum atomic E-state index is -0.486. The van der Waals surface area contributed by atoms with E-state index in [0.717, 1.165) is 5.39 Å². The number of nitrogens with one attached hydrogen (secondary N) is 1. The van der Waals surface area contributed by atoms with Gasteiger partial charge in [-0.2, -0.15) is 0 Å². The summed E-state index contributed by atoms with van der Waals surface area (Å²) in [4.78, 5) is 23.1. The Morgan fingerprint density at radius 2 is 2.15 bits per heavy atom. The van der Waals surface area contributed by atoms with Crippen LogP contribution in [0.25, 0.3) is 11.0 Å². The number of hydrogen-bond donors (Lipinski definition) is 1. The van der Waals surface area contributed by atoms with Crippen molar-refractivity contribution in [2.75, 3.05) is 11.9 Å². The Balaban J connectivity index is 2.27. The lowest BCUT2D eigenvalue weighted by molar-refractivity contribution is -0.137. The molecule has 1 aromatic heterocycles. The number of anilines is 1. The Hall–Kier alpha value is -2.56. The van der Waals surface area contributed by atoms with Gasteiger partial charge in [-0.25, -0.2) is 9.59 Å². The summed E-state index contributed by atoms with van der Waals surface area (Å²) in [5.41, 5.74) is 0.822. The third-order valence-corrected chi connectivity index (χ3v) is 2.59. The van der Waals surface area contributed by atoms with Gasteiger partial charge >= 0.3 is 11.6 Å². The van der Waals surface area contributed by atoms with E-state index >= 15 is 0 Å². The summed E-state index contributed by atoms with van der Waals surface area (Å²) < 4.78 is 9.98. The van der Waals surface area contributed by atoms with Crippen molar-refractivity contribution in [2.45, 2.75) is 13.8 Å². The first-order chi connectivity index (χ1) is 9.60. The molecular formula is C15H15NO4. The molecule has 5 nitrogen and oxygen atoms in total. The molecule has 0 amide bonds. The van der Waals surface area contributed by atoms with Crippen molar-refractivity contribution < 1.29 is 13.9 Å². The molecule has 0 atom stereocenters. The molecule has 104 valence electrons. The van der Waals surface area contributed by atoms with E-state index in [1.807, 2.05) is 12.1 Å². The predicted molar refractivity (Wildman–Crippen MR) is 76.5 cm³/mol. The van der Waals surface area contributed by atoms with Crippen LogP contribution in [0.4, 0.5) is 5.69 Å². The molecule has 0 spiro atoms. The summed E-state index contributed by atoms with van der Waals surface area (Å²) in [5.74, 6) is -0.456. The van der Waals surface area contributed by atoms with Crippen LogP contribution < -0.4 is 10.9 Å². The average molecular weight is 273 g/mol. The lowest BCUT2D eigenvalue weighted by Crippen LogP contribution is -2.10. The summed E-state index contributed by atoms with van der Waals surface area (Å²) >= 11 is 0. The van der Waals surface area contributed by atoms with E-state index in [4.69, 9.17) is 9.15 Å². The maximum absolute atomic E-state index is 11.8. The minimum absolute atomic E-state index is 0.279. The fraction of sp³-hybridized carbons (Fsp3) is 0.200. The first-order valence-corrected chi connectivity index (χ1v) is 6.25. The summed E-state index contributed by atoms with van der Waals surface area (Å²) in [6, 6.07) is 8.90. The molecule has 0 aliphatic heterocycles. The molecule has 0 saturated carbocycles. The van der Waals surface area contributed by atoms with Gasteiger partial charge in [0.1, 0.15) is 11.3 Å². The summed E-state index contributed by atoms with van der Waals surface area (Å²) in [5, 5.41) is 3.65. The molecule has 2 aromatic rings. The van der Waals surface area contributed by atoms with Crippen molar-refractivity contribution >= 4 is 22.6 Å². The zero-order chi connectivity index (χ0) is 14.5. The molecule has 0 unspecified atom stereocenters. The highest BCUT2D eigenvalue weighted by molar-refractivity contribution is 5.84. The number of carbonyl (C=O) groups is 1. The SMILES string of the molecule is CCOC(=O)/C=C(\C)Nc1cc2ccccc2oc1=O. The normalized spacial score (nSPS) is 11.4. The molecule has 0 aliphatic carbocycles. The topological polar surface area (TPSA) is 68.5 Å². The van der Waals surface area contributed by atoms with Crippen LogP contribution in [0.2, 0.25) is 0 Å². The van der Waals surface area contributed by atoms with Crippen LogP contribution in [0.1, 0.15) is 13.8 Å². The van der Waals surface area contributed by atoms with Gasteiger partial charge in [-0.05, 0) is 26.0 Å². The molecule has 5 heteroatoms. The highest BCUT2D eigenvalue weighted by atomic mass is 16.5. The summed E-state index contributed by atoms with van der Waals surface area (Å²) in [7, 11) is 0. The van der Waals surface area contributed by atoms with Crippen LogP contribution in [-0.4, -0.2) is 12.6 Å². The Bertz CT molecular complexity index is 715. The first kappa shape index (κ1) is 13.9. The van der Waals surface area contributed by atoms with Gasteiger partial charge in [-0.3, -0.25) is 0 Å². The molecule has 0 radical (unpaired) electrons. The number of para-hydroxylation sites is 1. The van der Waals surface area contributed by atoms with E-state index in [-0.39, 0.29) is 5.69 Å². The molecular weight excluding hydrogens is 258 g/mol. The Morgan fingerprint density at radius 1 is 1.40 bits per heavy atom. The molecule has 1 aromatic carbocycles. The molecule has 0 fully saturated rings. The van der Waals surface area contributed by atoms with Crippen LogP contribution in [0.15, 0.2) is 51.3 Å². The number of hydrogen-bond acceptors (Lipinski definition) is 5. The number of rotatable bonds is 4. The minimum Gasteiger partial charge on any atom is -0.463 e. The number of benzene rings is 1. The maximum Gasteiger partial charge on any atom is 0.360 e. The van der Waals surface area contributed by atoms with Crippen molar-refractivity contribution in [1.29, 1.82) is 0 Å². The van der Waals surface area contributed by atoms with Crippen LogP contribution in [0.5, 0.6) is 0 Å². The smallest absolute Gasteiger partial charge is 0.360 e. The van der Waals surface area contributed by atoms with Crippen molar-refractivity contribution in [2.24, 2.45) is 0 Å². The number of carbonyl (C=O) groups excluding carboxylic acids is 1. The second-order valence-corrected chi connectivity index (χ2v) is 4.19. The van der Waals surface area contributed by atoms with E-state index in [1.54, 1.807) is 32.0 Å². The van der Waals surface area contributed by atoms with E-state index in [0.29, 0.717) is 17.9 Å². The van der Waals surface area contributed by atoms with Gasteiger partial charge < -0.3 is 14.5 Å². The van der Waals surface area contributed by atoms with Gasteiger partial charge in [0.2, 0.25) is 0 Å². The van der Waals surface area contributed by atoms with Crippen molar-refractivity contribution in [3.05, 3.63) is 52.5 Å². The monoisotopic (exact) mass is 273 g/mol. The van der Waals surface area contributed by atoms with Gasteiger partial charge in [0, 0.05) is 17.2 Å². The van der Waals surface area contributed by atoms with Gasteiger partial charge in [-0.1, -0.05) is 18.2 Å². The Labute approximate surface area is 115 Å². The van der Waals surface area contributed by atoms with E-state index in [2.05, 4.69) is 5.32 Å². The number of fused-ring (bicyclic) bond motifs is 1. The zero-order valence-corrected chi connectivity index (χ0v) is 11.3. The quantitative estimate of drug-likeness (QED) is 0.527. The number of esters is 1. The van der Waals surface area contributed by atoms with E-state index in [1.165, 1.54) is 6.08 Å². The standard InChI is InChI=1S/C15H15NO4/c1-3-19-14(17)8-10(2)16-12-9-11-6-4-5-7-13(11)20-15(12)18/h4-9,16H,3H2,1-2H3/b10-8+. The van der Waals surface area contributed by atoms with Gasteiger partial charge in [0.05, 0.1) is 6.61 Å². The second-order valence-electron chi connectivity index (χ2n) is 4.19. The van der Waals surface area contributed by atoms with Crippen LogP contribution in [0.3, 0.4) is 0 Å². The number of allylic oxidation sites excluding steroid dienone is 1. The van der Waals surface area contributed by atoms with E-state index in [9.17, 15) is 9.59 Å². The van der Waals surface area contributed by atoms with Crippen molar-refractivity contribution in [3.8, 4) is 0 Å². The second kappa shape index (κ2) is 6.06. The van der Waals surface area contributed by atoms with Crippen LogP contribution in [-0.2, 0) is 9.53 Å². The van der Waals surface area contributed by atoms with Crippen LogP contribution in [0, 0.1) is 0 Å². The fourth-order valence-electron chi connectivity index (χ4n) is 1.76. The maximum atomic E-state index is 11.8. The van der Waals surface area contributed by atoms with Gasteiger partial charge in [-0.15, -0.1) is 0 Å². The first-order valence-electron chi connectivity index (χ1n) is 6.25. The average Bonchev–Trinajstić information content (AvgIpc) is 2.39. The largest absolute Gasteiger partial charge is 0.463 e. The number of ether oxygens (including phenoxy) is 1. The summed E-state index contributed by atoms with van der Waals surface area (Å²) in [6.45, 7) is 3.71. The highest BCUT2D eigenvalue weighted by Crippen LogP contribution is 2.16. The molecule has 0 aliphatic rings. The fourth-order valence-corrected chi connectivity index (χ4v) is 1.76. The Kier molecular flexibility index (Phi) is 4.20. The zero-order valence-electron chi connectivity index (χ0n) is 11.3. The molecule has 2 rings (SSSR count). The molecule has 20 heavy (non-hydrogen) atoms. The highest BCUT2D eigenvalue weighted by Gasteiger charge is 2.06. The molecule has 0 saturated heterocycles. The molecule has 1 N–H and O–H groups in total. The van der Waals surface area contributed by atoms with Gasteiger partial charge in [0.15, 0.2) is 0 Å². The molecule has 0 bridgehead atoms. The van der Waals surface area contributed by atoms with Crippen LogP contribution >= 0.6 is 0 Å². The van der Waals surface area contributed by atoms with E-state index < -0.39 is 11.6 Å². The Morgan fingerprint density at radius 3 is 2.90 bits per heavy atom. The van der Waals surface area contributed by atoms with Gasteiger partial charge in [0.25, 0.3) is 0 Å². The molecule has 1 heterocycles. The lowest BCUT2D eigenvalue weighted by Gasteiger charge is -2.06. The summed E-state index contributed by atoms with van der Waals surface area (Å²) in [6.07, 6.45) is 1.29. The van der Waals surface area contributed by atoms with Crippen molar-refractivity contribution in [1.82, 2.24) is 0 Å². The third-order valence-electron chi connectivity index (χ3n) is 2.59. The van der Waals surface area contributed by atoms with Crippen molar-refractivity contribution in [3.63, 3.8) is 0 Å². The lowest BCUT2D eigenvalue weighted by atomic mass is 10.2. The predicted octanol–water partition coefficient (Wildman–Crippen LogP) is 2.67. The third kappa shape index (κ3) is 3.26.